The number of hydrogen-bond acceptors (Lipinski definition) is 4. The SMILES string of the molecule is COC(=O)c1cccc(C(F)(F)F)c1OC(C)=O. The van der Waals surface area contributed by atoms with Crippen molar-refractivity contribution in [2.75, 3.05) is 7.11 Å². The van der Waals surface area contributed by atoms with Crippen molar-refractivity contribution in [3.05, 3.63) is 29.3 Å². The van der Waals surface area contributed by atoms with Crippen LogP contribution in [0.1, 0.15) is 22.8 Å². The summed E-state index contributed by atoms with van der Waals surface area (Å²) < 4.78 is 46.9. The van der Waals surface area contributed by atoms with Crippen molar-refractivity contribution >= 4 is 11.9 Å². The minimum atomic E-state index is -4.74. The summed E-state index contributed by atoms with van der Waals surface area (Å²) >= 11 is 0. The molecule has 0 N–H and O–H groups in total. The Hall–Kier alpha value is -2.05. The van der Waals surface area contributed by atoms with Crippen molar-refractivity contribution in [3.63, 3.8) is 0 Å². The summed E-state index contributed by atoms with van der Waals surface area (Å²) in [5.74, 6) is -2.82. The summed E-state index contributed by atoms with van der Waals surface area (Å²) in [6, 6.07) is 2.83. The quantitative estimate of drug-likeness (QED) is 0.606. The van der Waals surface area contributed by atoms with Gasteiger partial charge in [-0.05, 0) is 12.1 Å². The van der Waals surface area contributed by atoms with E-state index in [1.807, 2.05) is 0 Å². The topological polar surface area (TPSA) is 52.6 Å². The van der Waals surface area contributed by atoms with Crippen LogP contribution in [-0.4, -0.2) is 19.0 Å². The Labute approximate surface area is 100 Å². The number of benzene rings is 1. The summed E-state index contributed by atoms with van der Waals surface area (Å²) in [5, 5.41) is 0. The van der Waals surface area contributed by atoms with Gasteiger partial charge in [0.15, 0.2) is 5.75 Å². The lowest BCUT2D eigenvalue weighted by atomic mass is 10.1. The van der Waals surface area contributed by atoms with E-state index in [4.69, 9.17) is 0 Å². The second-order valence-electron chi connectivity index (χ2n) is 3.27. The molecule has 98 valence electrons. The molecule has 0 saturated heterocycles. The van der Waals surface area contributed by atoms with Gasteiger partial charge in [-0.25, -0.2) is 4.79 Å². The number of halogens is 3. The van der Waals surface area contributed by atoms with E-state index in [2.05, 4.69) is 9.47 Å². The molecule has 1 aromatic carbocycles. The summed E-state index contributed by atoms with van der Waals surface area (Å²) in [7, 11) is 1.01. The first-order valence-electron chi connectivity index (χ1n) is 4.74. The second-order valence-corrected chi connectivity index (χ2v) is 3.27. The van der Waals surface area contributed by atoms with Crippen LogP contribution in [-0.2, 0) is 15.7 Å². The molecule has 0 fully saturated rings. The summed E-state index contributed by atoms with van der Waals surface area (Å²) in [6.45, 7) is 0.939. The molecule has 0 aliphatic heterocycles. The van der Waals surface area contributed by atoms with E-state index in [0.717, 1.165) is 26.2 Å². The lowest BCUT2D eigenvalue weighted by Crippen LogP contribution is -2.15. The average Bonchev–Trinajstić information content (AvgIpc) is 2.26. The highest BCUT2D eigenvalue weighted by atomic mass is 19.4. The van der Waals surface area contributed by atoms with Crippen LogP contribution in [0.4, 0.5) is 13.2 Å². The van der Waals surface area contributed by atoms with E-state index < -0.39 is 35.0 Å². The predicted octanol–water partition coefficient (Wildman–Crippen LogP) is 2.42. The molecule has 0 unspecified atom stereocenters. The first kappa shape index (κ1) is 14.0. The van der Waals surface area contributed by atoms with E-state index in [0.29, 0.717) is 6.07 Å². The van der Waals surface area contributed by atoms with Gasteiger partial charge in [0.1, 0.15) is 5.56 Å². The van der Waals surface area contributed by atoms with Crippen molar-refractivity contribution < 1.29 is 32.2 Å². The van der Waals surface area contributed by atoms with E-state index in [1.54, 1.807) is 0 Å². The van der Waals surface area contributed by atoms with Crippen LogP contribution in [0.25, 0.3) is 0 Å². The van der Waals surface area contributed by atoms with Crippen LogP contribution in [0.15, 0.2) is 18.2 Å². The lowest BCUT2D eigenvalue weighted by molar-refractivity contribution is -0.141. The fourth-order valence-corrected chi connectivity index (χ4v) is 1.28. The summed E-state index contributed by atoms with van der Waals surface area (Å²) in [6.07, 6.45) is -4.74. The molecular formula is C11H9F3O4. The summed E-state index contributed by atoms with van der Waals surface area (Å²) in [5.41, 5.74) is -1.66. The highest BCUT2D eigenvalue weighted by molar-refractivity contribution is 5.94. The molecule has 7 heteroatoms. The van der Waals surface area contributed by atoms with Crippen LogP contribution < -0.4 is 4.74 Å². The Morgan fingerprint density at radius 3 is 2.28 bits per heavy atom. The molecule has 0 heterocycles. The highest BCUT2D eigenvalue weighted by Crippen LogP contribution is 2.38. The van der Waals surface area contributed by atoms with E-state index in [9.17, 15) is 22.8 Å². The fourth-order valence-electron chi connectivity index (χ4n) is 1.28. The van der Waals surface area contributed by atoms with Gasteiger partial charge in [-0.1, -0.05) is 6.07 Å². The molecule has 0 amide bonds. The molecule has 0 bridgehead atoms. The van der Waals surface area contributed by atoms with Crippen molar-refractivity contribution in [2.24, 2.45) is 0 Å². The molecular weight excluding hydrogens is 253 g/mol. The van der Waals surface area contributed by atoms with Gasteiger partial charge in [0.05, 0.1) is 12.7 Å². The molecule has 1 rings (SSSR count). The van der Waals surface area contributed by atoms with Crippen LogP contribution in [0, 0.1) is 0 Å². The summed E-state index contributed by atoms with van der Waals surface area (Å²) in [4.78, 5) is 22.1. The Kier molecular flexibility index (Phi) is 3.95. The zero-order valence-corrected chi connectivity index (χ0v) is 9.50. The van der Waals surface area contributed by atoms with Gasteiger partial charge in [0.25, 0.3) is 0 Å². The zero-order chi connectivity index (χ0) is 13.9. The lowest BCUT2D eigenvalue weighted by Gasteiger charge is -2.14. The molecule has 0 aromatic heterocycles. The third-order valence-electron chi connectivity index (χ3n) is 1.97. The minimum absolute atomic E-state index is 0.456. The number of rotatable bonds is 2. The van der Waals surface area contributed by atoms with Crippen molar-refractivity contribution in [1.29, 1.82) is 0 Å². The van der Waals surface area contributed by atoms with Gasteiger partial charge < -0.3 is 9.47 Å². The second kappa shape index (κ2) is 5.07. The molecule has 4 nitrogen and oxygen atoms in total. The number of ether oxygens (including phenoxy) is 2. The standard InChI is InChI=1S/C11H9F3O4/c1-6(15)18-9-7(10(16)17-2)4-3-5-8(9)11(12,13)14/h3-5H,1-2H3. The number of carbonyl (C=O) groups excluding carboxylic acids is 2. The Balaban J connectivity index is 3.44. The van der Waals surface area contributed by atoms with Gasteiger partial charge in [-0.2, -0.15) is 13.2 Å². The smallest absolute Gasteiger partial charge is 0.420 e. The van der Waals surface area contributed by atoms with Crippen LogP contribution in [0.5, 0.6) is 5.75 Å². The number of esters is 2. The van der Waals surface area contributed by atoms with Crippen molar-refractivity contribution in [2.45, 2.75) is 13.1 Å². The predicted molar refractivity (Wildman–Crippen MR) is 54.1 cm³/mol. The molecule has 0 spiro atoms. The van der Waals surface area contributed by atoms with Gasteiger partial charge in [0, 0.05) is 6.92 Å². The van der Waals surface area contributed by atoms with Crippen LogP contribution >= 0.6 is 0 Å². The van der Waals surface area contributed by atoms with Crippen molar-refractivity contribution in [3.8, 4) is 5.75 Å². The van der Waals surface area contributed by atoms with Gasteiger partial charge in [-0.3, -0.25) is 4.79 Å². The number of para-hydroxylation sites is 1. The van der Waals surface area contributed by atoms with Crippen molar-refractivity contribution in [1.82, 2.24) is 0 Å². The molecule has 0 atom stereocenters. The number of carbonyl (C=O) groups is 2. The normalized spacial score (nSPS) is 10.9. The monoisotopic (exact) mass is 262 g/mol. The van der Waals surface area contributed by atoms with Gasteiger partial charge in [-0.15, -0.1) is 0 Å². The Bertz CT molecular complexity index is 480. The average molecular weight is 262 g/mol. The van der Waals surface area contributed by atoms with Gasteiger partial charge in [0.2, 0.25) is 0 Å². The molecule has 0 aliphatic carbocycles. The Morgan fingerprint density at radius 1 is 1.22 bits per heavy atom. The van der Waals surface area contributed by atoms with E-state index in [1.165, 1.54) is 0 Å². The molecule has 18 heavy (non-hydrogen) atoms. The van der Waals surface area contributed by atoms with E-state index >= 15 is 0 Å². The molecule has 0 saturated carbocycles. The van der Waals surface area contributed by atoms with Crippen LogP contribution in [0.2, 0.25) is 0 Å². The third kappa shape index (κ3) is 2.99. The zero-order valence-electron chi connectivity index (χ0n) is 9.50. The molecule has 0 aliphatic rings. The number of methoxy groups -OCH3 is 1. The Morgan fingerprint density at radius 2 is 1.83 bits per heavy atom. The first-order chi connectivity index (χ1) is 8.27. The maximum Gasteiger partial charge on any atom is 0.420 e. The number of alkyl halides is 3. The first-order valence-corrected chi connectivity index (χ1v) is 4.74. The molecule has 1 aromatic rings. The van der Waals surface area contributed by atoms with Crippen LogP contribution in [0.3, 0.4) is 0 Å². The minimum Gasteiger partial charge on any atom is -0.465 e. The largest absolute Gasteiger partial charge is 0.465 e. The maximum absolute atomic E-state index is 12.7. The highest BCUT2D eigenvalue weighted by Gasteiger charge is 2.37. The molecule has 0 radical (unpaired) electrons. The van der Waals surface area contributed by atoms with Gasteiger partial charge >= 0.3 is 18.1 Å². The van der Waals surface area contributed by atoms with E-state index in [-0.39, 0.29) is 0 Å². The number of hydrogen-bond donors (Lipinski definition) is 0. The maximum atomic E-state index is 12.7. The fraction of sp³-hybridized carbons (Fsp3) is 0.273. The third-order valence-corrected chi connectivity index (χ3v) is 1.97.